The summed E-state index contributed by atoms with van der Waals surface area (Å²) >= 11 is 0. The molecule has 0 saturated carbocycles. The minimum Gasteiger partial charge on any atom is -0.452 e. The summed E-state index contributed by atoms with van der Waals surface area (Å²) in [5.41, 5.74) is 2.77. The molecule has 144 valence electrons. The standard InChI is InChI=1S/C24H17FO4/c1-14-7-3-4-8-16(14)12-21-23(26)22-15(2)11-17(13-20(22)29-21)28-24(27)18-9-5-6-10-19(18)25/h3-13H,1-2H3/b21-12-. The Balaban J connectivity index is 1.64. The van der Waals surface area contributed by atoms with Crippen LogP contribution < -0.4 is 9.47 Å². The molecule has 0 fully saturated rings. The van der Waals surface area contributed by atoms with E-state index < -0.39 is 11.8 Å². The molecule has 1 heterocycles. The summed E-state index contributed by atoms with van der Waals surface area (Å²) in [7, 11) is 0. The SMILES string of the molecule is Cc1ccccc1/C=C1\Oc2cc(OC(=O)c3ccccc3F)cc(C)c2C1=O. The third-order valence-electron chi connectivity index (χ3n) is 4.72. The van der Waals surface area contributed by atoms with Crippen molar-refractivity contribution in [2.24, 2.45) is 0 Å². The summed E-state index contributed by atoms with van der Waals surface area (Å²) in [4.78, 5) is 25.1. The minimum atomic E-state index is -0.817. The zero-order chi connectivity index (χ0) is 20.5. The summed E-state index contributed by atoms with van der Waals surface area (Å²) < 4.78 is 24.9. The van der Waals surface area contributed by atoms with E-state index >= 15 is 0 Å². The van der Waals surface area contributed by atoms with Crippen molar-refractivity contribution in [3.8, 4) is 11.5 Å². The van der Waals surface area contributed by atoms with E-state index in [0.717, 1.165) is 11.1 Å². The highest BCUT2D eigenvalue weighted by Crippen LogP contribution is 2.38. The number of carbonyl (C=O) groups is 2. The van der Waals surface area contributed by atoms with Gasteiger partial charge in [0.25, 0.3) is 0 Å². The van der Waals surface area contributed by atoms with Gasteiger partial charge in [-0.15, -0.1) is 0 Å². The molecular formula is C24H17FO4. The zero-order valence-corrected chi connectivity index (χ0v) is 15.9. The van der Waals surface area contributed by atoms with Crippen LogP contribution in [0.2, 0.25) is 0 Å². The van der Waals surface area contributed by atoms with Crippen molar-refractivity contribution in [2.45, 2.75) is 13.8 Å². The third kappa shape index (κ3) is 3.55. The molecule has 0 unspecified atom stereocenters. The van der Waals surface area contributed by atoms with Crippen LogP contribution >= 0.6 is 0 Å². The van der Waals surface area contributed by atoms with E-state index in [0.29, 0.717) is 16.9 Å². The highest BCUT2D eigenvalue weighted by atomic mass is 19.1. The molecule has 1 aliphatic rings. The summed E-state index contributed by atoms with van der Waals surface area (Å²) in [5.74, 6) is -1.01. The van der Waals surface area contributed by atoms with Crippen LogP contribution in [0, 0.1) is 19.7 Å². The molecular weight excluding hydrogens is 371 g/mol. The van der Waals surface area contributed by atoms with Crippen LogP contribution in [0.3, 0.4) is 0 Å². The molecule has 5 heteroatoms. The van der Waals surface area contributed by atoms with Crippen LogP contribution in [-0.2, 0) is 0 Å². The third-order valence-corrected chi connectivity index (χ3v) is 4.72. The fourth-order valence-corrected chi connectivity index (χ4v) is 3.22. The highest BCUT2D eigenvalue weighted by molar-refractivity contribution is 6.15. The van der Waals surface area contributed by atoms with E-state index in [1.54, 1.807) is 25.1 Å². The molecule has 3 aromatic carbocycles. The maximum atomic E-state index is 13.8. The molecule has 0 spiro atoms. The monoisotopic (exact) mass is 388 g/mol. The Morgan fingerprint density at radius 3 is 2.48 bits per heavy atom. The van der Waals surface area contributed by atoms with Crippen molar-refractivity contribution in [1.82, 2.24) is 0 Å². The highest BCUT2D eigenvalue weighted by Gasteiger charge is 2.30. The van der Waals surface area contributed by atoms with Gasteiger partial charge in [-0.3, -0.25) is 4.79 Å². The second kappa shape index (κ2) is 7.36. The topological polar surface area (TPSA) is 52.6 Å². The average molecular weight is 388 g/mol. The summed E-state index contributed by atoms with van der Waals surface area (Å²) in [6.45, 7) is 3.68. The average Bonchev–Trinajstić information content (AvgIpc) is 2.99. The van der Waals surface area contributed by atoms with Gasteiger partial charge >= 0.3 is 5.97 Å². The Morgan fingerprint density at radius 1 is 1.00 bits per heavy atom. The van der Waals surface area contributed by atoms with Crippen molar-refractivity contribution in [3.05, 3.63) is 100 Å². The normalized spacial score (nSPS) is 13.9. The van der Waals surface area contributed by atoms with Crippen LogP contribution in [0.25, 0.3) is 6.08 Å². The Labute approximate surface area is 167 Å². The lowest BCUT2D eigenvalue weighted by Gasteiger charge is -2.08. The summed E-state index contributed by atoms with van der Waals surface area (Å²) in [6, 6.07) is 16.3. The number of ether oxygens (including phenoxy) is 2. The smallest absolute Gasteiger partial charge is 0.346 e. The zero-order valence-electron chi connectivity index (χ0n) is 15.9. The Hall–Kier alpha value is -3.73. The molecule has 0 N–H and O–H groups in total. The first-order valence-electron chi connectivity index (χ1n) is 9.05. The van der Waals surface area contributed by atoms with E-state index in [4.69, 9.17) is 9.47 Å². The number of esters is 1. The summed E-state index contributed by atoms with van der Waals surface area (Å²) in [6.07, 6.45) is 1.70. The molecule has 0 amide bonds. The van der Waals surface area contributed by atoms with Crippen molar-refractivity contribution in [2.75, 3.05) is 0 Å². The van der Waals surface area contributed by atoms with Crippen molar-refractivity contribution in [3.63, 3.8) is 0 Å². The Kier molecular flexibility index (Phi) is 4.72. The molecule has 0 radical (unpaired) electrons. The first-order valence-corrected chi connectivity index (χ1v) is 9.05. The van der Waals surface area contributed by atoms with Gasteiger partial charge < -0.3 is 9.47 Å². The number of Topliss-reactive ketones (excluding diaryl/α,β-unsaturated/α-hetero) is 1. The van der Waals surface area contributed by atoms with E-state index in [1.807, 2.05) is 31.2 Å². The molecule has 3 aromatic rings. The van der Waals surface area contributed by atoms with Gasteiger partial charge in [-0.25, -0.2) is 9.18 Å². The van der Waals surface area contributed by atoms with Gasteiger partial charge in [0, 0.05) is 6.07 Å². The number of aryl methyl sites for hydroxylation is 2. The first-order chi connectivity index (χ1) is 13.9. The number of rotatable bonds is 3. The number of carbonyl (C=O) groups excluding carboxylic acids is 2. The van der Waals surface area contributed by atoms with Crippen LogP contribution in [0.1, 0.15) is 37.4 Å². The molecule has 0 bridgehead atoms. The number of hydrogen-bond acceptors (Lipinski definition) is 4. The second-order valence-electron chi connectivity index (χ2n) is 6.78. The largest absolute Gasteiger partial charge is 0.452 e. The van der Waals surface area contributed by atoms with Crippen molar-refractivity contribution in [1.29, 1.82) is 0 Å². The molecule has 0 aromatic heterocycles. The van der Waals surface area contributed by atoms with Crippen molar-refractivity contribution < 1.29 is 23.5 Å². The number of allylic oxidation sites excluding steroid dienone is 1. The molecule has 4 nitrogen and oxygen atoms in total. The van der Waals surface area contributed by atoms with Gasteiger partial charge in [0.1, 0.15) is 17.3 Å². The Bertz CT molecular complexity index is 1180. The lowest BCUT2D eigenvalue weighted by molar-refractivity contribution is 0.0729. The fourth-order valence-electron chi connectivity index (χ4n) is 3.22. The summed E-state index contributed by atoms with van der Waals surface area (Å²) in [5, 5.41) is 0. The molecule has 29 heavy (non-hydrogen) atoms. The molecule has 0 aliphatic carbocycles. The molecule has 1 aliphatic heterocycles. The predicted molar refractivity (Wildman–Crippen MR) is 107 cm³/mol. The van der Waals surface area contributed by atoms with Crippen LogP contribution in [0.4, 0.5) is 4.39 Å². The molecule has 0 saturated heterocycles. The lowest BCUT2D eigenvalue weighted by Crippen LogP contribution is -2.10. The van der Waals surface area contributed by atoms with Crippen LogP contribution in [0.5, 0.6) is 11.5 Å². The fraction of sp³-hybridized carbons (Fsp3) is 0.0833. The number of hydrogen-bond donors (Lipinski definition) is 0. The number of fused-ring (bicyclic) bond motifs is 1. The van der Waals surface area contributed by atoms with Gasteiger partial charge in [-0.1, -0.05) is 36.4 Å². The maximum absolute atomic E-state index is 13.8. The maximum Gasteiger partial charge on any atom is 0.346 e. The number of halogens is 1. The van der Waals surface area contributed by atoms with E-state index in [2.05, 4.69) is 0 Å². The van der Waals surface area contributed by atoms with Crippen LogP contribution in [0.15, 0.2) is 66.4 Å². The predicted octanol–water partition coefficient (Wildman–Crippen LogP) is 5.28. The van der Waals surface area contributed by atoms with Gasteiger partial charge in [-0.2, -0.15) is 0 Å². The lowest BCUT2D eigenvalue weighted by atomic mass is 10.0. The number of ketones is 1. The number of benzene rings is 3. The Morgan fingerprint density at radius 2 is 1.72 bits per heavy atom. The van der Waals surface area contributed by atoms with E-state index in [-0.39, 0.29) is 22.9 Å². The minimum absolute atomic E-state index is 0.164. The first kappa shape index (κ1) is 18.6. The van der Waals surface area contributed by atoms with Crippen molar-refractivity contribution >= 4 is 17.8 Å². The van der Waals surface area contributed by atoms with Crippen LogP contribution in [-0.4, -0.2) is 11.8 Å². The quantitative estimate of drug-likeness (QED) is 0.348. The van der Waals surface area contributed by atoms with Gasteiger partial charge in [0.2, 0.25) is 5.78 Å². The van der Waals surface area contributed by atoms with Gasteiger partial charge in [0.05, 0.1) is 11.1 Å². The molecule has 4 rings (SSSR count). The molecule has 0 atom stereocenters. The second-order valence-corrected chi connectivity index (χ2v) is 6.78. The van der Waals surface area contributed by atoms with E-state index in [1.165, 1.54) is 24.3 Å². The van der Waals surface area contributed by atoms with Gasteiger partial charge in [0.15, 0.2) is 5.76 Å². The van der Waals surface area contributed by atoms with Gasteiger partial charge in [-0.05, 0) is 54.8 Å². The van der Waals surface area contributed by atoms with E-state index in [9.17, 15) is 14.0 Å².